The van der Waals surface area contributed by atoms with Crippen molar-refractivity contribution >= 4 is 7.82 Å². The summed E-state index contributed by atoms with van der Waals surface area (Å²) in [7, 11) is -4.61. The fourth-order valence-electron chi connectivity index (χ4n) is 3.06. The van der Waals surface area contributed by atoms with Gasteiger partial charge in [-0.2, -0.15) is 0 Å². The van der Waals surface area contributed by atoms with Gasteiger partial charge < -0.3 is 14.6 Å². The molecule has 0 amide bonds. The van der Waals surface area contributed by atoms with E-state index in [0.29, 0.717) is 16.7 Å². The van der Waals surface area contributed by atoms with Crippen LogP contribution in [0.15, 0.2) is 91.0 Å². The van der Waals surface area contributed by atoms with Gasteiger partial charge in [-0.1, -0.05) is 91.0 Å². The van der Waals surface area contributed by atoms with E-state index in [1.807, 2.05) is 0 Å². The Morgan fingerprint density at radius 1 is 0.758 bits per heavy atom. The van der Waals surface area contributed by atoms with Gasteiger partial charge in [-0.05, 0) is 11.1 Å². The van der Waals surface area contributed by atoms with Crippen LogP contribution >= 0.6 is 7.82 Å². The van der Waals surface area contributed by atoms with Crippen molar-refractivity contribution in [3.05, 3.63) is 108 Å². The molecule has 7 nitrogen and oxygen atoms in total. The van der Waals surface area contributed by atoms with Crippen molar-refractivity contribution in [2.45, 2.75) is 31.7 Å². The third kappa shape index (κ3) is 6.82. The van der Waals surface area contributed by atoms with Crippen LogP contribution in [-0.2, 0) is 40.8 Å². The smallest absolute Gasteiger partial charge is 0.394 e. The van der Waals surface area contributed by atoms with Crippen molar-refractivity contribution in [3.8, 4) is 0 Å². The van der Waals surface area contributed by atoms with E-state index in [-0.39, 0.29) is 13.2 Å². The fourth-order valence-corrected chi connectivity index (χ4v) is 4.09. The minimum Gasteiger partial charge on any atom is -0.394 e. The number of hydrogen-bond acceptors (Lipinski definition) is 7. The molecular weight excluding hydrogens is 443 g/mol. The van der Waals surface area contributed by atoms with Crippen LogP contribution < -0.4 is 0 Å². The van der Waals surface area contributed by atoms with Gasteiger partial charge in [0, 0.05) is 5.56 Å². The number of benzene rings is 3. The minimum atomic E-state index is -4.61. The zero-order valence-electron chi connectivity index (χ0n) is 21.7. The summed E-state index contributed by atoms with van der Waals surface area (Å²) < 4.78 is 73.8. The molecule has 0 aliphatic carbocycles. The molecule has 3 aromatic rings. The van der Waals surface area contributed by atoms with Crippen LogP contribution in [-0.4, -0.2) is 30.4 Å². The van der Waals surface area contributed by atoms with E-state index in [1.165, 1.54) is 0 Å². The van der Waals surface area contributed by atoms with Gasteiger partial charge in [0.05, 0.1) is 31.8 Å². The molecule has 1 heterocycles. The molecule has 4 rings (SSSR count). The first kappa shape index (κ1) is 19.0. The maximum atomic E-state index is 13.7. The quantitative estimate of drug-likeness (QED) is 0.391. The summed E-state index contributed by atoms with van der Waals surface area (Å²) in [6, 6.07) is 26.0. The average molecular weight is 474 g/mol. The van der Waals surface area contributed by atoms with E-state index in [0.717, 1.165) is 0 Å². The second-order valence-corrected chi connectivity index (χ2v) is 8.75. The van der Waals surface area contributed by atoms with Gasteiger partial charge in [0.1, 0.15) is 12.2 Å². The lowest BCUT2D eigenvalue weighted by Gasteiger charge is -2.21. The molecule has 1 aliphatic rings. The number of aliphatic hydroxyl groups is 1. The number of phosphoric acid groups is 1. The van der Waals surface area contributed by atoms with Crippen molar-refractivity contribution in [2.24, 2.45) is 0 Å². The molecule has 3 atom stereocenters. The Bertz CT molecular complexity index is 1130. The molecule has 1 fully saturated rings. The van der Waals surface area contributed by atoms with Crippen LogP contribution in [0.25, 0.3) is 0 Å². The first-order valence-electron chi connectivity index (χ1n) is 12.3. The zero-order valence-corrected chi connectivity index (χ0v) is 18.5. The van der Waals surface area contributed by atoms with Gasteiger partial charge in [-0.3, -0.25) is 13.6 Å². The summed E-state index contributed by atoms with van der Waals surface area (Å²) >= 11 is 0. The summed E-state index contributed by atoms with van der Waals surface area (Å²) in [6.45, 7) is -6.39. The highest BCUT2D eigenvalue weighted by Gasteiger charge is 2.39. The second-order valence-electron chi connectivity index (χ2n) is 7.16. The number of rotatable bonds is 11. The Morgan fingerprint density at radius 3 is 1.76 bits per heavy atom. The van der Waals surface area contributed by atoms with Gasteiger partial charge in [0.15, 0.2) is 6.29 Å². The Kier molecular flexibility index (Phi) is 6.73. The SMILES string of the molecule is [2H]C([2H])(O)[C@@H]1OC(c2ccccc2)O[C@H]1C([2H])([2H])OP(=O)(OCc1ccccc1)OCc1ccccc1. The second kappa shape index (κ2) is 11.7. The highest BCUT2D eigenvalue weighted by atomic mass is 31.2. The van der Waals surface area contributed by atoms with Crippen molar-refractivity contribution in [1.29, 1.82) is 0 Å². The molecule has 8 heteroatoms. The minimum absolute atomic E-state index is 0.206. The predicted octanol–water partition coefficient (Wildman–Crippen LogP) is 5.02. The molecule has 0 bridgehead atoms. The van der Waals surface area contributed by atoms with Crippen LogP contribution in [0.3, 0.4) is 0 Å². The molecule has 1 saturated heterocycles. The predicted molar refractivity (Wildman–Crippen MR) is 122 cm³/mol. The van der Waals surface area contributed by atoms with E-state index in [9.17, 15) is 9.67 Å². The lowest BCUT2D eigenvalue weighted by atomic mass is 10.2. The molecular formula is C25H27O7P. The maximum absolute atomic E-state index is 13.7. The Hall–Kier alpha value is -2.35. The molecule has 0 radical (unpaired) electrons. The average Bonchev–Trinajstić information content (AvgIpc) is 3.36. The monoisotopic (exact) mass is 474 g/mol. The summed E-state index contributed by atoms with van der Waals surface area (Å²) in [4.78, 5) is 0. The van der Waals surface area contributed by atoms with Crippen molar-refractivity contribution in [3.63, 3.8) is 0 Å². The van der Waals surface area contributed by atoms with Crippen LogP contribution in [0.5, 0.6) is 0 Å². The molecule has 1 aliphatic heterocycles. The van der Waals surface area contributed by atoms with E-state index in [4.69, 9.17) is 28.5 Å². The van der Waals surface area contributed by atoms with Crippen LogP contribution in [0.1, 0.15) is 28.5 Å². The standard InChI is InChI=1S/C25H27O7P/c26-16-23-24(32-25(31-23)22-14-8-3-9-15-22)19-30-33(27,28-17-20-10-4-1-5-11-20)29-18-21-12-6-2-7-13-21/h1-15,23-26H,16-19H2/t23-,24-,25?/m0/s1/i16D2,19D2. The van der Waals surface area contributed by atoms with E-state index in [1.54, 1.807) is 91.0 Å². The van der Waals surface area contributed by atoms with Gasteiger partial charge in [-0.15, -0.1) is 0 Å². The van der Waals surface area contributed by atoms with E-state index < -0.39 is 39.4 Å². The Balaban J connectivity index is 1.57. The lowest BCUT2D eigenvalue weighted by Crippen LogP contribution is -2.30. The largest absolute Gasteiger partial charge is 0.475 e. The molecule has 1 unspecified atom stereocenters. The number of ether oxygens (including phenoxy) is 2. The normalized spacial score (nSPS) is 23.4. The van der Waals surface area contributed by atoms with Crippen molar-refractivity contribution in [2.75, 3.05) is 13.1 Å². The third-order valence-electron chi connectivity index (χ3n) is 4.76. The first-order chi connectivity index (χ1) is 17.6. The topological polar surface area (TPSA) is 83.5 Å². The fraction of sp³-hybridized carbons (Fsp3) is 0.280. The highest BCUT2D eigenvalue weighted by molar-refractivity contribution is 7.48. The molecule has 1 N–H and O–H groups in total. The number of phosphoric ester groups is 1. The molecule has 0 saturated carbocycles. The van der Waals surface area contributed by atoms with E-state index >= 15 is 0 Å². The highest BCUT2D eigenvalue weighted by Crippen LogP contribution is 2.51. The number of hydrogen-bond donors (Lipinski definition) is 1. The zero-order chi connectivity index (χ0) is 26.5. The van der Waals surface area contributed by atoms with E-state index in [2.05, 4.69) is 0 Å². The molecule has 3 aromatic carbocycles. The lowest BCUT2D eigenvalue weighted by molar-refractivity contribution is -0.0773. The van der Waals surface area contributed by atoms with Gasteiger partial charge in [-0.25, -0.2) is 4.57 Å². The molecule has 0 aromatic heterocycles. The van der Waals surface area contributed by atoms with Gasteiger partial charge in [0.25, 0.3) is 0 Å². The van der Waals surface area contributed by atoms with Crippen molar-refractivity contribution in [1.82, 2.24) is 0 Å². The third-order valence-corrected chi connectivity index (χ3v) is 5.98. The molecule has 174 valence electrons. The van der Waals surface area contributed by atoms with Crippen molar-refractivity contribution < 1.29 is 38.2 Å². The summed E-state index contributed by atoms with van der Waals surface area (Å²) in [5.41, 5.74) is 1.76. The van der Waals surface area contributed by atoms with Gasteiger partial charge >= 0.3 is 7.82 Å². The Morgan fingerprint density at radius 2 is 1.24 bits per heavy atom. The molecule has 33 heavy (non-hydrogen) atoms. The molecule has 0 spiro atoms. The van der Waals surface area contributed by atoms with Gasteiger partial charge in [0.2, 0.25) is 0 Å². The van der Waals surface area contributed by atoms with Crippen LogP contribution in [0, 0.1) is 0 Å². The van der Waals surface area contributed by atoms with Crippen LogP contribution in [0.4, 0.5) is 0 Å². The Labute approximate surface area is 199 Å². The summed E-state index contributed by atoms with van der Waals surface area (Å²) in [5.74, 6) is 0. The first-order valence-corrected chi connectivity index (χ1v) is 11.8. The summed E-state index contributed by atoms with van der Waals surface area (Å²) in [5, 5.41) is 10.1. The summed E-state index contributed by atoms with van der Waals surface area (Å²) in [6.07, 6.45) is -4.84. The maximum Gasteiger partial charge on any atom is 0.475 e. The van der Waals surface area contributed by atoms with Crippen LogP contribution in [0.2, 0.25) is 0 Å².